The Bertz CT molecular complexity index is 476. The zero-order chi connectivity index (χ0) is 16.0. The molecular formula is C14H20F2N2O3. The van der Waals surface area contributed by atoms with Crippen molar-refractivity contribution < 1.29 is 23.4 Å². The minimum atomic E-state index is -2.92. The molecular weight excluding hydrogens is 282 g/mol. The van der Waals surface area contributed by atoms with E-state index in [1.54, 1.807) is 6.07 Å². The normalized spacial score (nSPS) is 12.9. The first-order valence-electron chi connectivity index (χ1n) is 6.45. The fourth-order valence-corrected chi connectivity index (χ4v) is 1.61. The maximum absolute atomic E-state index is 12.1. The second-order valence-corrected chi connectivity index (χ2v) is 5.61. The number of aliphatic hydroxyl groups is 1. The van der Waals surface area contributed by atoms with E-state index in [-0.39, 0.29) is 17.8 Å². The van der Waals surface area contributed by atoms with Gasteiger partial charge in [0, 0.05) is 11.8 Å². The highest BCUT2D eigenvalue weighted by Crippen LogP contribution is 2.21. The number of rotatable bonds is 5. The molecule has 0 aromatic heterocycles. The lowest BCUT2D eigenvalue weighted by Crippen LogP contribution is -2.47. The highest BCUT2D eigenvalue weighted by atomic mass is 19.3. The van der Waals surface area contributed by atoms with Gasteiger partial charge in [-0.05, 0) is 17.5 Å². The van der Waals surface area contributed by atoms with Gasteiger partial charge in [-0.1, -0.05) is 26.8 Å². The Kier molecular flexibility index (Phi) is 5.90. The van der Waals surface area contributed by atoms with Crippen LogP contribution in [-0.4, -0.2) is 30.4 Å². The van der Waals surface area contributed by atoms with Crippen molar-refractivity contribution in [2.45, 2.75) is 33.4 Å². The molecule has 0 aliphatic rings. The summed E-state index contributed by atoms with van der Waals surface area (Å²) < 4.78 is 28.5. The molecule has 3 N–H and O–H groups in total. The lowest BCUT2D eigenvalue weighted by Gasteiger charge is -2.29. The van der Waals surface area contributed by atoms with Gasteiger partial charge in [-0.15, -0.1) is 0 Å². The summed E-state index contributed by atoms with van der Waals surface area (Å²) in [6.07, 6.45) is 0. The van der Waals surface area contributed by atoms with Crippen LogP contribution in [-0.2, 0) is 0 Å². The molecule has 0 aliphatic carbocycles. The number of benzene rings is 1. The molecule has 118 valence electrons. The highest BCUT2D eigenvalue weighted by molar-refractivity contribution is 5.89. The molecule has 0 spiro atoms. The Morgan fingerprint density at radius 3 is 2.57 bits per heavy atom. The summed E-state index contributed by atoms with van der Waals surface area (Å²) in [5, 5.41) is 14.4. The second kappa shape index (κ2) is 7.21. The number of alkyl halides is 2. The van der Waals surface area contributed by atoms with Gasteiger partial charge in [0.25, 0.3) is 0 Å². The van der Waals surface area contributed by atoms with Gasteiger partial charge in [0.2, 0.25) is 0 Å². The zero-order valence-electron chi connectivity index (χ0n) is 12.2. The Labute approximate surface area is 122 Å². The van der Waals surface area contributed by atoms with Crippen molar-refractivity contribution in [3.05, 3.63) is 24.3 Å². The third-order valence-corrected chi connectivity index (χ3v) is 2.85. The van der Waals surface area contributed by atoms with Gasteiger partial charge < -0.3 is 20.5 Å². The molecule has 0 heterocycles. The molecule has 0 bridgehead atoms. The molecule has 1 aromatic rings. The van der Waals surface area contributed by atoms with Crippen LogP contribution in [0.3, 0.4) is 0 Å². The number of anilines is 1. The molecule has 0 unspecified atom stereocenters. The van der Waals surface area contributed by atoms with Gasteiger partial charge in [-0.3, -0.25) is 0 Å². The zero-order valence-corrected chi connectivity index (χ0v) is 12.2. The molecule has 0 radical (unpaired) electrons. The van der Waals surface area contributed by atoms with E-state index in [1.165, 1.54) is 18.2 Å². The van der Waals surface area contributed by atoms with Gasteiger partial charge in [0.05, 0.1) is 12.6 Å². The summed E-state index contributed by atoms with van der Waals surface area (Å²) in [6.45, 7) is 2.52. The van der Waals surface area contributed by atoms with Crippen molar-refractivity contribution in [3.8, 4) is 5.75 Å². The van der Waals surface area contributed by atoms with E-state index in [0.29, 0.717) is 5.69 Å². The number of nitrogens with one attached hydrogen (secondary N) is 2. The van der Waals surface area contributed by atoms with E-state index < -0.39 is 18.7 Å². The predicted molar refractivity (Wildman–Crippen MR) is 75.6 cm³/mol. The van der Waals surface area contributed by atoms with Crippen LogP contribution in [0.25, 0.3) is 0 Å². The fourth-order valence-electron chi connectivity index (χ4n) is 1.61. The van der Waals surface area contributed by atoms with Crippen molar-refractivity contribution in [3.63, 3.8) is 0 Å². The standard InChI is InChI=1S/C14H20F2N2O3/c1-14(2,3)11(8-19)18-13(20)17-9-5-4-6-10(7-9)21-12(15)16/h4-7,11-12,19H,8H2,1-3H3,(H2,17,18,20)/t11-/m1/s1. The van der Waals surface area contributed by atoms with E-state index in [2.05, 4.69) is 15.4 Å². The van der Waals surface area contributed by atoms with Crippen LogP contribution in [0, 0.1) is 5.41 Å². The smallest absolute Gasteiger partial charge is 0.387 e. The fraction of sp³-hybridized carbons (Fsp3) is 0.500. The molecule has 2 amide bonds. The van der Waals surface area contributed by atoms with Crippen LogP contribution >= 0.6 is 0 Å². The van der Waals surface area contributed by atoms with Crippen LogP contribution < -0.4 is 15.4 Å². The maximum Gasteiger partial charge on any atom is 0.387 e. The highest BCUT2D eigenvalue weighted by Gasteiger charge is 2.25. The first-order chi connectivity index (χ1) is 9.72. The van der Waals surface area contributed by atoms with Crippen molar-refractivity contribution in [1.29, 1.82) is 0 Å². The van der Waals surface area contributed by atoms with Crippen LogP contribution in [0.5, 0.6) is 5.75 Å². The first kappa shape index (κ1) is 17.2. The Morgan fingerprint density at radius 1 is 1.38 bits per heavy atom. The van der Waals surface area contributed by atoms with Gasteiger partial charge in [0.1, 0.15) is 5.75 Å². The van der Waals surface area contributed by atoms with Gasteiger partial charge >= 0.3 is 12.6 Å². The van der Waals surface area contributed by atoms with E-state index >= 15 is 0 Å². The minimum Gasteiger partial charge on any atom is -0.435 e. The number of amides is 2. The van der Waals surface area contributed by atoms with Gasteiger partial charge in [-0.2, -0.15) is 8.78 Å². The second-order valence-electron chi connectivity index (χ2n) is 5.61. The van der Waals surface area contributed by atoms with Gasteiger partial charge in [-0.25, -0.2) is 4.79 Å². The number of ether oxygens (including phenoxy) is 1. The number of aliphatic hydroxyl groups excluding tert-OH is 1. The molecule has 0 saturated carbocycles. The quantitative estimate of drug-likeness (QED) is 0.783. The minimum absolute atomic E-state index is 0.0441. The summed E-state index contributed by atoms with van der Waals surface area (Å²) in [6, 6.07) is 4.72. The summed E-state index contributed by atoms with van der Waals surface area (Å²) in [5.74, 6) is -0.0441. The molecule has 21 heavy (non-hydrogen) atoms. The van der Waals surface area contributed by atoms with Crippen LogP contribution in [0.4, 0.5) is 19.3 Å². The van der Waals surface area contributed by atoms with Crippen molar-refractivity contribution >= 4 is 11.7 Å². The number of halogens is 2. The average molecular weight is 302 g/mol. The third-order valence-electron chi connectivity index (χ3n) is 2.85. The number of urea groups is 1. The Balaban J connectivity index is 2.66. The molecule has 1 atom stereocenters. The van der Waals surface area contributed by atoms with E-state index in [4.69, 9.17) is 0 Å². The van der Waals surface area contributed by atoms with E-state index in [0.717, 1.165) is 0 Å². The topological polar surface area (TPSA) is 70.6 Å². The Hall–Kier alpha value is -1.89. The van der Waals surface area contributed by atoms with Crippen molar-refractivity contribution in [2.24, 2.45) is 5.41 Å². The molecule has 1 aromatic carbocycles. The number of hydrogen-bond acceptors (Lipinski definition) is 3. The van der Waals surface area contributed by atoms with E-state index in [9.17, 15) is 18.7 Å². The lowest BCUT2D eigenvalue weighted by atomic mass is 9.87. The summed E-state index contributed by atoms with van der Waals surface area (Å²) in [5.41, 5.74) is 0.00320. The maximum atomic E-state index is 12.1. The monoisotopic (exact) mass is 302 g/mol. The van der Waals surface area contributed by atoms with Gasteiger partial charge in [0.15, 0.2) is 0 Å². The largest absolute Gasteiger partial charge is 0.435 e. The summed E-state index contributed by atoms with van der Waals surface area (Å²) >= 11 is 0. The molecule has 7 heteroatoms. The molecule has 1 rings (SSSR count). The summed E-state index contributed by atoms with van der Waals surface area (Å²) in [4.78, 5) is 11.8. The van der Waals surface area contributed by atoms with Crippen molar-refractivity contribution in [2.75, 3.05) is 11.9 Å². The number of carbonyl (C=O) groups excluding carboxylic acids is 1. The lowest BCUT2D eigenvalue weighted by molar-refractivity contribution is -0.0497. The molecule has 0 saturated heterocycles. The molecule has 5 nitrogen and oxygen atoms in total. The third kappa shape index (κ3) is 5.95. The SMILES string of the molecule is CC(C)(C)[C@@H](CO)NC(=O)Nc1cccc(OC(F)F)c1. The Morgan fingerprint density at radius 2 is 2.05 bits per heavy atom. The molecule has 0 fully saturated rings. The number of carbonyl (C=O) groups is 1. The van der Waals surface area contributed by atoms with Crippen LogP contribution in [0.15, 0.2) is 24.3 Å². The van der Waals surface area contributed by atoms with Crippen LogP contribution in [0.2, 0.25) is 0 Å². The van der Waals surface area contributed by atoms with E-state index in [1.807, 2.05) is 20.8 Å². The summed E-state index contributed by atoms with van der Waals surface area (Å²) in [7, 11) is 0. The van der Waals surface area contributed by atoms with Crippen molar-refractivity contribution in [1.82, 2.24) is 5.32 Å². The number of hydrogen-bond donors (Lipinski definition) is 3. The predicted octanol–water partition coefficient (Wildman–Crippen LogP) is 2.82. The first-order valence-corrected chi connectivity index (χ1v) is 6.45. The average Bonchev–Trinajstić information content (AvgIpc) is 2.34. The molecule has 0 aliphatic heterocycles. The van der Waals surface area contributed by atoms with Crippen LogP contribution in [0.1, 0.15) is 20.8 Å².